The predicted octanol–water partition coefficient (Wildman–Crippen LogP) is 2.10. The van der Waals surface area contributed by atoms with E-state index >= 15 is 0 Å². The number of hydrogen-bond acceptors (Lipinski definition) is 3. The van der Waals surface area contributed by atoms with E-state index in [4.69, 9.17) is 0 Å². The van der Waals surface area contributed by atoms with Crippen LogP contribution in [0.1, 0.15) is 36.5 Å². The third kappa shape index (κ3) is 2.84. The number of rotatable bonds is 4. The van der Waals surface area contributed by atoms with Crippen LogP contribution in [0.2, 0.25) is 0 Å². The van der Waals surface area contributed by atoms with Gasteiger partial charge in [0.15, 0.2) is 0 Å². The van der Waals surface area contributed by atoms with Gasteiger partial charge in [0, 0.05) is 25.2 Å². The maximum atomic E-state index is 12.5. The summed E-state index contributed by atoms with van der Waals surface area (Å²) in [4.78, 5) is 14.3. The van der Waals surface area contributed by atoms with Crippen LogP contribution >= 0.6 is 0 Å². The summed E-state index contributed by atoms with van der Waals surface area (Å²) in [6, 6.07) is 7.16. The molecule has 1 atom stereocenters. The molecule has 5 nitrogen and oxygen atoms in total. The summed E-state index contributed by atoms with van der Waals surface area (Å²) >= 11 is 0. The van der Waals surface area contributed by atoms with E-state index < -0.39 is 10.0 Å². The highest BCUT2D eigenvalue weighted by Crippen LogP contribution is 2.35. The topological polar surface area (TPSA) is 57.7 Å². The number of carbonyl (C=O) groups excluding carboxylic acids is 1. The van der Waals surface area contributed by atoms with Gasteiger partial charge in [-0.15, -0.1) is 0 Å². The van der Waals surface area contributed by atoms with Gasteiger partial charge < -0.3 is 4.90 Å². The van der Waals surface area contributed by atoms with E-state index in [2.05, 4.69) is 6.92 Å². The van der Waals surface area contributed by atoms with E-state index in [1.54, 1.807) is 29.2 Å². The second kappa shape index (κ2) is 5.57. The van der Waals surface area contributed by atoms with Crippen molar-refractivity contribution in [3.63, 3.8) is 0 Å². The third-order valence-electron chi connectivity index (χ3n) is 4.74. The molecule has 22 heavy (non-hydrogen) atoms. The van der Waals surface area contributed by atoms with Gasteiger partial charge >= 0.3 is 0 Å². The van der Waals surface area contributed by atoms with Crippen molar-refractivity contribution in [3.8, 4) is 0 Å². The summed E-state index contributed by atoms with van der Waals surface area (Å²) in [5, 5.41) is 0. The molecule has 1 aromatic rings. The fraction of sp³-hybridized carbons (Fsp3) is 0.562. The van der Waals surface area contributed by atoms with Crippen LogP contribution in [-0.4, -0.2) is 44.6 Å². The van der Waals surface area contributed by atoms with Crippen LogP contribution in [0.25, 0.3) is 0 Å². The molecule has 0 spiro atoms. The summed E-state index contributed by atoms with van der Waals surface area (Å²) in [6.45, 7) is 2.61. The molecule has 1 heterocycles. The molecular formula is C16H22N2O3S. The lowest BCUT2D eigenvalue weighted by molar-refractivity contribution is 0.0727. The van der Waals surface area contributed by atoms with Crippen molar-refractivity contribution in [1.82, 2.24) is 4.90 Å². The maximum absolute atomic E-state index is 12.5. The minimum absolute atomic E-state index is 0.00442. The largest absolute Gasteiger partial charge is 0.339 e. The van der Waals surface area contributed by atoms with Crippen molar-refractivity contribution in [1.29, 1.82) is 0 Å². The normalized spacial score (nSPS) is 21.6. The zero-order chi connectivity index (χ0) is 15.9. The Kier molecular flexibility index (Phi) is 3.89. The van der Waals surface area contributed by atoms with Gasteiger partial charge in [0.2, 0.25) is 10.0 Å². The number of amides is 1. The molecule has 1 unspecified atom stereocenters. The van der Waals surface area contributed by atoms with E-state index in [9.17, 15) is 13.2 Å². The standard InChI is InChI=1S/C16H22N2O3S/c1-12(13-4-5-13)17(2)16(19)14-6-8-15(9-7-14)18-10-3-11-22(18,20)21/h6-9,12-13H,3-5,10-11H2,1-2H3. The molecule has 1 amide bonds. The molecule has 0 radical (unpaired) electrons. The highest BCUT2D eigenvalue weighted by atomic mass is 32.2. The fourth-order valence-corrected chi connectivity index (χ4v) is 4.55. The molecule has 0 N–H and O–H groups in total. The van der Waals surface area contributed by atoms with Crippen molar-refractivity contribution in [2.24, 2.45) is 5.92 Å². The monoisotopic (exact) mass is 322 g/mol. The number of nitrogens with zero attached hydrogens (tertiary/aromatic N) is 2. The molecule has 6 heteroatoms. The Labute approximate surface area is 132 Å². The average molecular weight is 322 g/mol. The maximum Gasteiger partial charge on any atom is 0.253 e. The van der Waals surface area contributed by atoms with E-state index in [0.717, 1.165) is 0 Å². The van der Waals surface area contributed by atoms with Crippen LogP contribution < -0.4 is 4.31 Å². The quantitative estimate of drug-likeness (QED) is 0.853. The lowest BCUT2D eigenvalue weighted by atomic mass is 10.1. The summed E-state index contributed by atoms with van der Waals surface area (Å²) in [5.41, 5.74) is 1.25. The molecule has 1 aliphatic heterocycles. The minimum atomic E-state index is -3.17. The third-order valence-corrected chi connectivity index (χ3v) is 6.61. The Hall–Kier alpha value is -1.56. The molecule has 2 aliphatic rings. The average Bonchev–Trinajstić information content (AvgIpc) is 3.29. The van der Waals surface area contributed by atoms with Crippen molar-refractivity contribution < 1.29 is 13.2 Å². The Bertz CT molecular complexity index is 665. The summed E-state index contributed by atoms with van der Waals surface area (Å²) < 4.78 is 25.3. The molecule has 2 fully saturated rings. The van der Waals surface area contributed by atoms with Gasteiger partial charge in [-0.25, -0.2) is 8.42 Å². The second-order valence-electron chi connectivity index (χ2n) is 6.28. The first kappa shape index (κ1) is 15.3. The number of carbonyl (C=O) groups is 1. The van der Waals surface area contributed by atoms with E-state index in [0.29, 0.717) is 30.1 Å². The first-order valence-electron chi connectivity index (χ1n) is 7.78. The SMILES string of the molecule is CC(C1CC1)N(C)C(=O)c1ccc(N2CCCS2(=O)=O)cc1. The lowest BCUT2D eigenvalue weighted by Gasteiger charge is -2.25. The molecular weight excluding hydrogens is 300 g/mol. The van der Waals surface area contributed by atoms with Gasteiger partial charge in [0.05, 0.1) is 11.4 Å². The molecule has 1 saturated carbocycles. The van der Waals surface area contributed by atoms with Gasteiger partial charge in [-0.1, -0.05) is 0 Å². The molecule has 3 rings (SSSR count). The van der Waals surface area contributed by atoms with Crippen LogP contribution in [0.15, 0.2) is 24.3 Å². The zero-order valence-electron chi connectivity index (χ0n) is 13.0. The summed E-state index contributed by atoms with van der Waals surface area (Å²) in [6.07, 6.45) is 3.06. The van der Waals surface area contributed by atoms with E-state index in [1.165, 1.54) is 17.1 Å². The van der Waals surface area contributed by atoms with Gasteiger partial charge in [0.25, 0.3) is 5.91 Å². The summed E-state index contributed by atoms with van der Waals surface area (Å²) in [7, 11) is -1.33. The van der Waals surface area contributed by atoms with Crippen LogP contribution in [0.4, 0.5) is 5.69 Å². The van der Waals surface area contributed by atoms with Crippen molar-refractivity contribution >= 4 is 21.6 Å². The molecule has 120 valence electrons. The van der Waals surface area contributed by atoms with Crippen LogP contribution in [0, 0.1) is 5.92 Å². The highest BCUT2D eigenvalue weighted by Gasteiger charge is 2.33. The molecule has 1 saturated heterocycles. The smallest absolute Gasteiger partial charge is 0.253 e. The first-order chi connectivity index (χ1) is 10.4. The lowest BCUT2D eigenvalue weighted by Crippen LogP contribution is -2.36. The van der Waals surface area contributed by atoms with Crippen molar-refractivity contribution in [2.45, 2.75) is 32.2 Å². The highest BCUT2D eigenvalue weighted by molar-refractivity contribution is 7.93. The molecule has 0 aromatic heterocycles. The van der Waals surface area contributed by atoms with Gasteiger partial charge in [0.1, 0.15) is 0 Å². The number of hydrogen-bond donors (Lipinski definition) is 0. The van der Waals surface area contributed by atoms with Crippen molar-refractivity contribution in [3.05, 3.63) is 29.8 Å². The first-order valence-corrected chi connectivity index (χ1v) is 9.39. The number of sulfonamides is 1. The molecule has 1 aliphatic carbocycles. The van der Waals surface area contributed by atoms with Crippen LogP contribution in [0.3, 0.4) is 0 Å². The summed E-state index contributed by atoms with van der Waals surface area (Å²) in [5.74, 6) is 0.827. The zero-order valence-corrected chi connectivity index (χ0v) is 13.8. The Morgan fingerprint density at radius 1 is 1.27 bits per heavy atom. The van der Waals surface area contributed by atoms with Crippen molar-refractivity contribution in [2.75, 3.05) is 23.7 Å². The second-order valence-corrected chi connectivity index (χ2v) is 8.30. The van der Waals surface area contributed by atoms with E-state index in [1.807, 2.05) is 7.05 Å². The van der Waals surface area contributed by atoms with Gasteiger partial charge in [-0.2, -0.15) is 0 Å². The Morgan fingerprint density at radius 3 is 2.41 bits per heavy atom. The Balaban J connectivity index is 1.75. The van der Waals surface area contributed by atoms with Gasteiger partial charge in [-0.3, -0.25) is 9.10 Å². The number of anilines is 1. The molecule has 0 bridgehead atoms. The minimum Gasteiger partial charge on any atom is -0.339 e. The Morgan fingerprint density at radius 2 is 1.91 bits per heavy atom. The van der Waals surface area contributed by atoms with Gasteiger partial charge in [-0.05, 0) is 56.4 Å². The van der Waals surface area contributed by atoms with Crippen LogP contribution in [0.5, 0.6) is 0 Å². The fourth-order valence-electron chi connectivity index (χ4n) is 2.98. The van der Waals surface area contributed by atoms with E-state index in [-0.39, 0.29) is 17.7 Å². The number of benzene rings is 1. The predicted molar refractivity (Wildman–Crippen MR) is 86.5 cm³/mol. The van der Waals surface area contributed by atoms with Crippen LogP contribution in [-0.2, 0) is 10.0 Å². The molecule has 1 aromatic carbocycles.